The molecule has 43 heavy (non-hydrogen) atoms. The summed E-state index contributed by atoms with van der Waals surface area (Å²) in [5, 5.41) is 0.0414. The topological polar surface area (TPSA) is 80.3 Å². The molecule has 0 aliphatic carbocycles. The van der Waals surface area contributed by atoms with Gasteiger partial charge in [0.2, 0.25) is 0 Å². The first-order valence-corrected chi connectivity index (χ1v) is 17.1. The summed E-state index contributed by atoms with van der Waals surface area (Å²) in [7, 11) is -0.456. The summed E-state index contributed by atoms with van der Waals surface area (Å²) in [6.45, 7) is 11.2. The minimum Gasteiger partial charge on any atom is -0.497 e. The van der Waals surface area contributed by atoms with Gasteiger partial charge in [0.15, 0.2) is 13.9 Å². The van der Waals surface area contributed by atoms with Gasteiger partial charge in [-0.15, -0.1) is 0 Å². The Bertz CT molecular complexity index is 1750. The first kappa shape index (κ1) is 28.7. The molecule has 2 aliphatic rings. The summed E-state index contributed by atoms with van der Waals surface area (Å²) in [4.78, 5) is 26.6. The van der Waals surface area contributed by atoms with Gasteiger partial charge in [0, 0.05) is 28.8 Å². The van der Waals surface area contributed by atoms with Gasteiger partial charge in [0.1, 0.15) is 23.0 Å². The maximum Gasteiger partial charge on any atom is 0.343 e. The third kappa shape index (κ3) is 4.80. The van der Waals surface area contributed by atoms with E-state index in [1.54, 1.807) is 43.5 Å². The van der Waals surface area contributed by atoms with Crippen LogP contribution < -0.4 is 14.2 Å². The second kappa shape index (κ2) is 10.4. The van der Waals surface area contributed by atoms with Crippen LogP contribution in [0.5, 0.6) is 23.0 Å². The number of benzene rings is 4. The first-order chi connectivity index (χ1) is 20.4. The van der Waals surface area contributed by atoms with Gasteiger partial charge in [-0.1, -0.05) is 57.2 Å². The molecule has 0 N–H and O–H groups in total. The van der Waals surface area contributed by atoms with Crippen LogP contribution in [-0.2, 0) is 21.4 Å². The summed E-state index contributed by atoms with van der Waals surface area (Å²) in [5.41, 5.74) is 2.50. The molecule has 2 heterocycles. The Labute approximate surface area is 252 Å². The van der Waals surface area contributed by atoms with Crippen molar-refractivity contribution in [3.05, 3.63) is 118 Å². The molecule has 0 fully saturated rings. The first-order valence-electron chi connectivity index (χ1n) is 14.2. The molecular formula is C35H34O7Si. The third-order valence-corrected chi connectivity index (χ3v) is 13.2. The zero-order chi connectivity index (χ0) is 30.6. The molecule has 1 unspecified atom stereocenters. The lowest BCUT2D eigenvalue weighted by Crippen LogP contribution is -2.40. The van der Waals surface area contributed by atoms with E-state index in [1.807, 2.05) is 48.5 Å². The number of carbonyl (C=O) groups is 2. The Balaban J connectivity index is 1.35. The molecule has 0 aromatic heterocycles. The molecule has 7 nitrogen and oxygen atoms in total. The quantitative estimate of drug-likeness (QED) is 0.127. The van der Waals surface area contributed by atoms with E-state index in [1.165, 1.54) is 0 Å². The molecule has 0 amide bonds. The van der Waals surface area contributed by atoms with Crippen LogP contribution in [0, 0.1) is 0 Å². The highest BCUT2D eigenvalue weighted by Gasteiger charge is 2.53. The van der Waals surface area contributed by atoms with E-state index in [9.17, 15) is 9.59 Å². The fourth-order valence-electron chi connectivity index (χ4n) is 5.31. The molecule has 8 heteroatoms. The molecular weight excluding hydrogens is 560 g/mol. The highest BCUT2D eigenvalue weighted by molar-refractivity contribution is 6.74. The van der Waals surface area contributed by atoms with Crippen molar-refractivity contribution in [1.82, 2.24) is 0 Å². The minimum absolute atomic E-state index is 0.0414. The Morgan fingerprint density at radius 1 is 0.837 bits per heavy atom. The zero-order valence-electron chi connectivity index (χ0n) is 25.1. The Morgan fingerprint density at radius 3 is 2.16 bits per heavy atom. The largest absolute Gasteiger partial charge is 0.497 e. The molecule has 220 valence electrons. The van der Waals surface area contributed by atoms with E-state index in [4.69, 9.17) is 23.4 Å². The summed E-state index contributed by atoms with van der Waals surface area (Å²) < 4.78 is 30.3. The van der Waals surface area contributed by atoms with E-state index < -0.39 is 25.9 Å². The van der Waals surface area contributed by atoms with E-state index in [2.05, 4.69) is 33.9 Å². The average Bonchev–Trinajstić information content (AvgIpc) is 3.28. The molecule has 4 aromatic carbocycles. The van der Waals surface area contributed by atoms with Gasteiger partial charge < -0.3 is 23.4 Å². The molecule has 0 saturated heterocycles. The Hall–Kier alpha value is -4.40. The minimum atomic E-state index is -2.03. The maximum atomic E-state index is 13.5. The lowest BCUT2D eigenvalue weighted by Gasteiger charge is -2.36. The molecule has 1 atom stereocenters. The predicted octanol–water partition coefficient (Wildman–Crippen LogP) is 8.00. The molecule has 6 rings (SSSR count). The number of rotatable bonds is 6. The highest BCUT2D eigenvalue weighted by Crippen LogP contribution is 2.57. The van der Waals surface area contributed by atoms with Crippen molar-refractivity contribution in [2.24, 2.45) is 0 Å². The Morgan fingerprint density at radius 2 is 1.47 bits per heavy atom. The number of hydrogen-bond donors (Lipinski definition) is 0. The normalized spacial score (nSPS) is 16.9. The van der Waals surface area contributed by atoms with Gasteiger partial charge >= 0.3 is 11.9 Å². The lowest BCUT2D eigenvalue weighted by atomic mass is 9.77. The summed E-state index contributed by atoms with van der Waals surface area (Å²) in [5.74, 6) is 0.854. The molecule has 0 bridgehead atoms. The fourth-order valence-corrected chi connectivity index (χ4v) is 6.26. The van der Waals surface area contributed by atoms with Gasteiger partial charge in [0.05, 0.1) is 24.8 Å². The number of hydrogen-bond acceptors (Lipinski definition) is 7. The standard InChI is InChI=1S/C35H34O7Si/c1-34(2,3)43(5,6)39-21-22-11-7-8-12-25(22)32(36)40-24-16-18-29-31(20-24)41-30-19-23(38-4)15-17-28(30)35(29)27-14-10-9-13-26(27)33(37)42-35/h7-20H,21H2,1-6H3. The van der Waals surface area contributed by atoms with Crippen LogP contribution in [0.15, 0.2) is 84.9 Å². The van der Waals surface area contributed by atoms with Gasteiger partial charge in [-0.3, -0.25) is 0 Å². The molecule has 0 saturated carbocycles. The number of ether oxygens (including phenoxy) is 4. The monoisotopic (exact) mass is 594 g/mol. The summed E-state index contributed by atoms with van der Waals surface area (Å²) >= 11 is 0. The van der Waals surface area contributed by atoms with E-state index >= 15 is 0 Å². The number of esters is 2. The second-order valence-corrected chi connectivity index (χ2v) is 17.1. The average molecular weight is 595 g/mol. The van der Waals surface area contributed by atoms with Crippen LogP contribution in [0.3, 0.4) is 0 Å². The van der Waals surface area contributed by atoms with E-state index in [-0.39, 0.29) is 5.04 Å². The summed E-state index contributed by atoms with van der Waals surface area (Å²) in [6, 6.07) is 25.2. The number of fused-ring (bicyclic) bond motifs is 6. The fraction of sp³-hybridized carbons (Fsp3) is 0.257. The highest BCUT2D eigenvalue weighted by atomic mass is 28.4. The van der Waals surface area contributed by atoms with Crippen molar-refractivity contribution < 1.29 is 33.0 Å². The molecule has 4 aromatic rings. The maximum absolute atomic E-state index is 13.5. The van der Waals surface area contributed by atoms with Crippen molar-refractivity contribution in [2.45, 2.75) is 51.1 Å². The Kier molecular flexibility index (Phi) is 6.94. The van der Waals surface area contributed by atoms with Gasteiger partial charge in [-0.25, -0.2) is 9.59 Å². The van der Waals surface area contributed by atoms with Crippen LogP contribution in [0.1, 0.15) is 63.7 Å². The zero-order valence-corrected chi connectivity index (χ0v) is 26.1. The SMILES string of the molecule is COc1ccc2c(c1)Oc1cc(OC(=O)c3ccccc3CO[Si](C)(C)C(C)(C)C)ccc1C21OC(=O)c2ccccc21. The van der Waals surface area contributed by atoms with Crippen molar-refractivity contribution in [1.29, 1.82) is 0 Å². The van der Waals surface area contributed by atoms with Crippen LogP contribution in [0.2, 0.25) is 18.1 Å². The molecule has 1 spiro atoms. The summed E-state index contributed by atoms with van der Waals surface area (Å²) in [6.07, 6.45) is 0. The van der Waals surface area contributed by atoms with Crippen LogP contribution in [0.4, 0.5) is 0 Å². The molecule has 0 radical (unpaired) electrons. The van der Waals surface area contributed by atoms with Crippen LogP contribution in [0.25, 0.3) is 0 Å². The van der Waals surface area contributed by atoms with Crippen LogP contribution in [-0.4, -0.2) is 27.4 Å². The number of carbonyl (C=O) groups excluding carboxylic acids is 2. The smallest absolute Gasteiger partial charge is 0.343 e. The lowest BCUT2D eigenvalue weighted by molar-refractivity contribution is 0.0224. The number of methoxy groups -OCH3 is 1. The van der Waals surface area contributed by atoms with E-state index in [0.29, 0.717) is 51.9 Å². The van der Waals surface area contributed by atoms with E-state index in [0.717, 1.165) is 11.1 Å². The predicted molar refractivity (Wildman–Crippen MR) is 165 cm³/mol. The second-order valence-electron chi connectivity index (χ2n) is 12.3. The third-order valence-electron chi connectivity index (χ3n) is 8.73. The van der Waals surface area contributed by atoms with Crippen molar-refractivity contribution in [3.8, 4) is 23.0 Å². The van der Waals surface area contributed by atoms with Crippen molar-refractivity contribution in [2.75, 3.05) is 7.11 Å². The molecule has 2 aliphatic heterocycles. The van der Waals surface area contributed by atoms with Crippen molar-refractivity contribution >= 4 is 20.3 Å². The van der Waals surface area contributed by atoms with Gasteiger partial charge in [-0.2, -0.15) is 0 Å². The van der Waals surface area contributed by atoms with Crippen LogP contribution >= 0.6 is 0 Å². The van der Waals surface area contributed by atoms with Crippen molar-refractivity contribution in [3.63, 3.8) is 0 Å². The van der Waals surface area contributed by atoms with Gasteiger partial charge in [0.25, 0.3) is 0 Å². The van der Waals surface area contributed by atoms with Gasteiger partial charge in [-0.05, 0) is 60.1 Å².